The third-order valence-corrected chi connectivity index (χ3v) is 5.13. The van der Waals surface area contributed by atoms with Crippen LogP contribution < -0.4 is 5.01 Å². The third-order valence-electron chi connectivity index (χ3n) is 5.13. The number of anilines is 1. The van der Waals surface area contributed by atoms with E-state index in [0.29, 0.717) is 0 Å². The molecule has 0 unspecified atom stereocenters. The van der Waals surface area contributed by atoms with Gasteiger partial charge in [-0.25, -0.2) is 0 Å². The van der Waals surface area contributed by atoms with Crippen LogP contribution in [0.25, 0.3) is 11.1 Å². The highest BCUT2D eigenvalue weighted by Gasteiger charge is 2.31. The molecule has 28 heavy (non-hydrogen) atoms. The van der Waals surface area contributed by atoms with Crippen molar-refractivity contribution in [2.24, 2.45) is 5.10 Å². The Morgan fingerprint density at radius 2 is 1.32 bits per heavy atom. The number of hydrogen-bond acceptors (Lipinski definition) is 3. The van der Waals surface area contributed by atoms with Gasteiger partial charge in [0.1, 0.15) is 11.8 Å². The number of nitrogens with zero attached hydrogens (tertiary/aromatic N) is 2. The molecule has 0 fully saturated rings. The Kier molecular flexibility index (Phi) is 4.26. The molecule has 2 heterocycles. The molecule has 0 spiro atoms. The first-order valence-electron chi connectivity index (χ1n) is 9.49. The third kappa shape index (κ3) is 3.12. The van der Waals surface area contributed by atoms with E-state index in [0.717, 1.165) is 29.1 Å². The first-order chi connectivity index (χ1) is 13.9. The summed E-state index contributed by atoms with van der Waals surface area (Å²) in [5.41, 5.74) is 5.73. The molecule has 1 aliphatic rings. The van der Waals surface area contributed by atoms with Gasteiger partial charge in [-0.1, -0.05) is 72.8 Å². The molecule has 0 saturated carbocycles. The second kappa shape index (κ2) is 7.20. The van der Waals surface area contributed by atoms with E-state index in [4.69, 9.17) is 9.52 Å². The summed E-state index contributed by atoms with van der Waals surface area (Å²) in [4.78, 5) is 0. The van der Waals surface area contributed by atoms with Gasteiger partial charge in [0.25, 0.3) is 0 Å². The minimum absolute atomic E-state index is 0.0706. The molecule has 0 saturated heterocycles. The van der Waals surface area contributed by atoms with Crippen molar-refractivity contribution in [3.8, 4) is 11.1 Å². The van der Waals surface area contributed by atoms with E-state index >= 15 is 0 Å². The molecule has 0 radical (unpaired) electrons. The van der Waals surface area contributed by atoms with E-state index < -0.39 is 0 Å². The van der Waals surface area contributed by atoms with Crippen molar-refractivity contribution in [2.45, 2.75) is 12.5 Å². The van der Waals surface area contributed by atoms with E-state index in [2.05, 4.69) is 65.7 Å². The van der Waals surface area contributed by atoms with Crippen molar-refractivity contribution in [3.63, 3.8) is 0 Å². The molecule has 0 aliphatic carbocycles. The van der Waals surface area contributed by atoms with Crippen LogP contribution in [-0.2, 0) is 0 Å². The molecule has 0 N–H and O–H groups in total. The highest BCUT2D eigenvalue weighted by atomic mass is 16.3. The lowest BCUT2D eigenvalue weighted by molar-refractivity contribution is 0.465. The van der Waals surface area contributed by atoms with Gasteiger partial charge >= 0.3 is 0 Å². The molecule has 136 valence electrons. The Bertz CT molecular complexity index is 1070. The Morgan fingerprint density at radius 3 is 2.00 bits per heavy atom. The van der Waals surface area contributed by atoms with Gasteiger partial charge in [0, 0.05) is 6.42 Å². The van der Waals surface area contributed by atoms with Crippen molar-refractivity contribution >= 4 is 11.4 Å². The Morgan fingerprint density at radius 1 is 0.679 bits per heavy atom. The average Bonchev–Trinajstić information content (AvgIpc) is 3.45. The van der Waals surface area contributed by atoms with Crippen LogP contribution in [0.3, 0.4) is 0 Å². The first kappa shape index (κ1) is 16.6. The minimum Gasteiger partial charge on any atom is -0.467 e. The molecule has 3 aromatic carbocycles. The van der Waals surface area contributed by atoms with Crippen LogP contribution in [0.4, 0.5) is 5.69 Å². The molecule has 3 nitrogen and oxygen atoms in total. The zero-order valence-corrected chi connectivity index (χ0v) is 15.4. The Labute approximate surface area is 164 Å². The zero-order chi connectivity index (χ0) is 18.8. The molecule has 4 aromatic rings. The van der Waals surface area contributed by atoms with Crippen molar-refractivity contribution < 1.29 is 4.42 Å². The minimum atomic E-state index is 0.0706. The Balaban J connectivity index is 1.48. The number of benzene rings is 3. The average molecular weight is 364 g/mol. The summed E-state index contributed by atoms with van der Waals surface area (Å²) in [6.45, 7) is 0. The van der Waals surface area contributed by atoms with Crippen molar-refractivity contribution in [3.05, 3.63) is 115 Å². The summed E-state index contributed by atoms with van der Waals surface area (Å²) in [7, 11) is 0. The van der Waals surface area contributed by atoms with Crippen molar-refractivity contribution in [1.82, 2.24) is 0 Å². The van der Waals surface area contributed by atoms with Crippen LogP contribution in [0.5, 0.6) is 0 Å². The topological polar surface area (TPSA) is 28.7 Å². The van der Waals surface area contributed by atoms with Crippen LogP contribution in [0, 0.1) is 0 Å². The quantitative estimate of drug-likeness (QED) is 0.425. The number of hydrazone groups is 1. The van der Waals surface area contributed by atoms with Gasteiger partial charge in [-0.15, -0.1) is 0 Å². The standard InChI is InChI=1S/C25H20N2O/c1-3-8-19(9-4-1)20-13-15-21(16-14-20)23-18-24(25-12-7-17-28-25)27(26-23)22-10-5-2-6-11-22/h1-17,24H,18H2/t24-/m0/s1. The fourth-order valence-electron chi connectivity index (χ4n) is 3.69. The number of para-hydroxylation sites is 1. The molecule has 5 rings (SSSR count). The van der Waals surface area contributed by atoms with E-state index in [1.165, 1.54) is 11.1 Å². The smallest absolute Gasteiger partial charge is 0.128 e. The SMILES string of the molecule is c1ccc(-c2ccc(C3=NN(c4ccccc4)[C@H](c4ccco4)C3)cc2)cc1. The highest BCUT2D eigenvalue weighted by molar-refractivity contribution is 6.03. The maximum absolute atomic E-state index is 5.72. The number of furan rings is 1. The Hall–Kier alpha value is -3.59. The van der Waals surface area contributed by atoms with E-state index in [1.54, 1.807) is 6.26 Å². The van der Waals surface area contributed by atoms with Gasteiger partial charge in [0.2, 0.25) is 0 Å². The summed E-state index contributed by atoms with van der Waals surface area (Å²) in [6.07, 6.45) is 2.54. The van der Waals surface area contributed by atoms with E-state index in [-0.39, 0.29) is 6.04 Å². The molecule has 0 bridgehead atoms. The van der Waals surface area contributed by atoms with Gasteiger partial charge in [0.15, 0.2) is 0 Å². The summed E-state index contributed by atoms with van der Waals surface area (Å²) < 4.78 is 5.72. The lowest BCUT2D eigenvalue weighted by Gasteiger charge is -2.21. The molecule has 0 amide bonds. The first-order valence-corrected chi connectivity index (χ1v) is 9.49. The fourth-order valence-corrected chi connectivity index (χ4v) is 3.69. The molecular weight excluding hydrogens is 344 g/mol. The number of hydrogen-bond donors (Lipinski definition) is 0. The second-order valence-electron chi connectivity index (χ2n) is 6.91. The maximum atomic E-state index is 5.72. The molecule has 1 aromatic heterocycles. The van der Waals surface area contributed by atoms with Crippen molar-refractivity contribution in [1.29, 1.82) is 0 Å². The van der Waals surface area contributed by atoms with Gasteiger partial charge in [-0.2, -0.15) is 5.10 Å². The van der Waals surface area contributed by atoms with Crippen LogP contribution >= 0.6 is 0 Å². The number of rotatable bonds is 4. The molecular formula is C25H20N2O. The van der Waals surface area contributed by atoms with Crippen LogP contribution in [0.15, 0.2) is 113 Å². The molecule has 3 heteroatoms. The molecule has 1 aliphatic heterocycles. The lowest BCUT2D eigenvalue weighted by atomic mass is 9.99. The van der Waals surface area contributed by atoms with E-state index in [9.17, 15) is 0 Å². The predicted molar refractivity (Wildman–Crippen MR) is 113 cm³/mol. The fraction of sp³-hybridized carbons (Fsp3) is 0.0800. The summed E-state index contributed by atoms with van der Waals surface area (Å²) in [5.74, 6) is 0.934. The molecule has 1 atom stereocenters. The largest absolute Gasteiger partial charge is 0.467 e. The van der Waals surface area contributed by atoms with Crippen LogP contribution in [0.2, 0.25) is 0 Å². The van der Waals surface area contributed by atoms with Gasteiger partial charge < -0.3 is 4.42 Å². The van der Waals surface area contributed by atoms with Crippen LogP contribution in [-0.4, -0.2) is 5.71 Å². The summed E-state index contributed by atoms with van der Waals surface area (Å²) in [6, 6.07) is 33.4. The van der Waals surface area contributed by atoms with Gasteiger partial charge in [-0.3, -0.25) is 5.01 Å². The van der Waals surface area contributed by atoms with Crippen LogP contribution in [0.1, 0.15) is 23.8 Å². The van der Waals surface area contributed by atoms with Crippen molar-refractivity contribution in [2.75, 3.05) is 5.01 Å². The normalized spacial score (nSPS) is 16.2. The monoisotopic (exact) mass is 364 g/mol. The lowest BCUT2D eigenvalue weighted by Crippen LogP contribution is -2.17. The summed E-state index contributed by atoms with van der Waals surface area (Å²) >= 11 is 0. The highest BCUT2D eigenvalue weighted by Crippen LogP contribution is 2.37. The zero-order valence-electron chi connectivity index (χ0n) is 15.4. The van der Waals surface area contributed by atoms with Gasteiger partial charge in [0.05, 0.1) is 17.7 Å². The van der Waals surface area contributed by atoms with Gasteiger partial charge in [-0.05, 0) is 41.0 Å². The second-order valence-corrected chi connectivity index (χ2v) is 6.91. The summed E-state index contributed by atoms with van der Waals surface area (Å²) in [5, 5.41) is 7.03. The predicted octanol–water partition coefficient (Wildman–Crippen LogP) is 6.30. The maximum Gasteiger partial charge on any atom is 0.128 e. The van der Waals surface area contributed by atoms with E-state index in [1.807, 2.05) is 36.4 Å².